The number of fused-ring (bicyclic) bond motifs is 1. The van der Waals surface area contributed by atoms with Crippen LogP contribution < -0.4 is 4.74 Å². The highest BCUT2D eigenvalue weighted by Crippen LogP contribution is 2.28. The molecule has 0 saturated carbocycles. The molecule has 0 fully saturated rings. The Morgan fingerprint density at radius 3 is 2.07 bits per heavy atom. The van der Waals surface area contributed by atoms with Crippen LogP contribution in [0, 0.1) is 0 Å². The number of methoxy groups -OCH3 is 1. The van der Waals surface area contributed by atoms with Crippen molar-refractivity contribution in [3.05, 3.63) is 102 Å². The van der Waals surface area contributed by atoms with E-state index in [1.165, 1.54) is 11.1 Å². The topological polar surface area (TPSA) is 23.4 Å². The van der Waals surface area contributed by atoms with Crippen molar-refractivity contribution in [2.75, 3.05) is 13.7 Å². The van der Waals surface area contributed by atoms with Crippen LogP contribution in [0.2, 0.25) is 0 Å². The SMILES string of the molecule is COc1cccc2c1ccn2CCOC(c1ccccc1)c1ccccc1. The maximum Gasteiger partial charge on any atom is 0.128 e. The number of ether oxygens (including phenoxy) is 2. The molecule has 3 nitrogen and oxygen atoms in total. The lowest BCUT2D eigenvalue weighted by Gasteiger charge is -2.19. The van der Waals surface area contributed by atoms with E-state index < -0.39 is 0 Å². The standard InChI is InChI=1S/C24H23NO2/c1-26-23-14-8-13-22-21(23)15-16-25(22)17-18-27-24(19-9-4-2-5-10-19)20-11-6-3-7-12-20/h2-16,24H,17-18H2,1H3. The van der Waals surface area contributed by atoms with E-state index in [4.69, 9.17) is 9.47 Å². The summed E-state index contributed by atoms with van der Waals surface area (Å²) in [7, 11) is 1.71. The number of aromatic nitrogens is 1. The molecule has 4 rings (SSSR count). The fourth-order valence-electron chi connectivity index (χ4n) is 3.48. The van der Waals surface area contributed by atoms with Crippen LogP contribution >= 0.6 is 0 Å². The summed E-state index contributed by atoms with van der Waals surface area (Å²) in [5.41, 5.74) is 3.50. The van der Waals surface area contributed by atoms with E-state index in [-0.39, 0.29) is 6.10 Å². The third-order valence-electron chi connectivity index (χ3n) is 4.81. The van der Waals surface area contributed by atoms with Gasteiger partial charge in [0.2, 0.25) is 0 Å². The molecule has 0 spiro atoms. The molecular formula is C24H23NO2. The van der Waals surface area contributed by atoms with Gasteiger partial charge in [0.05, 0.1) is 19.2 Å². The van der Waals surface area contributed by atoms with Crippen LogP contribution in [-0.2, 0) is 11.3 Å². The van der Waals surface area contributed by atoms with E-state index in [0.29, 0.717) is 6.61 Å². The number of nitrogens with zero attached hydrogens (tertiary/aromatic N) is 1. The molecule has 0 atom stereocenters. The highest BCUT2D eigenvalue weighted by molar-refractivity contribution is 5.86. The molecule has 0 unspecified atom stereocenters. The van der Waals surface area contributed by atoms with Gasteiger partial charge in [-0.25, -0.2) is 0 Å². The summed E-state index contributed by atoms with van der Waals surface area (Å²) >= 11 is 0. The number of hydrogen-bond donors (Lipinski definition) is 0. The highest BCUT2D eigenvalue weighted by Gasteiger charge is 2.14. The molecule has 0 bridgehead atoms. The predicted octanol–water partition coefficient (Wildman–Crippen LogP) is 5.46. The maximum absolute atomic E-state index is 6.34. The summed E-state index contributed by atoms with van der Waals surface area (Å²) in [6.45, 7) is 1.41. The van der Waals surface area contributed by atoms with Gasteiger partial charge >= 0.3 is 0 Å². The molecule has 0 amide bonds. The van der Waals surface area contributed by atoms with Gasteiger partial charge in [0.25, 0.3) is 0 Å². The minimum atomic E-state index is -0.0660. The highest BCUT2D eigenvalue weighted by atomic mass is 16.5. The first-order chi connectivity index (χ1) is 13.4. The van der Waals surface area contributed by atoms with Crippen molar-refractivity contribution in [3.8, 4) is 5.75 Å². The summed E-state index contributed by atoms with van der Waals surface area (Å²) in [6, 6.07) is 29.0. The maximum atomic E-state index is 6.34. The van der Waals surface area contributed by atoms with Gasteiger partial charge in [-0.1, -0.05) is 66.7 Å². The smallest absolute Gasteiger partial charge is 0.128 e. The molecule has 0 aliphatic heterocycles. The monoisotopic (exact) mass is 357 g/mol. The van der Waals surface area contributed by atoms with Crippen molar-refractivity contribution in [1.29, 1.82) is 0 Å². The summed E-state index contributed by atoms with van der Waals surface area (Å²) < 4.78 is 14.0. The van der Waals surface area contributed by atoms with Crippen molar-refractivity contribution < 1.29 is 9.47 Å². The third-order valence-corrected chi connectivity index (χ3v) is 4.81. The quantitative estimate of drug-likeness (QED) is 0.439. The first-order valence-electron chi connectivity index (χ1n) is 9.20. The molecule has 27 heavy (non-hydrogen) atoms. The molecule has 0 aliphatic carbocycles. The van der Waals surface area contributed by atoms with Crippen LogP contribution in [0.3, 0.4) is 0 Å². The largest absolute Gasteiger partial charge is 0.496 e. The molecule has 0 aliphatic rings. The Balaban J connectivity index is 1.52. The zero-order valence-corrected chi connectivity index (χ0v) is 15.4. The molecule has 1 heterocycles. The first kappa shape index (κ1) is 17.4. The van der Waals surface area contributed by atoms with Gasteiger partial charge in [-0.3, -0.25) is 0 Å². The normalized spacial score (nSPS) is 11.2. The first-order valence-corrected chi connectivity index (χ1v) is 9.20. The molecule has 4 aromatic rings. The predicted molar refractivity (Wildman–Crippen MR) is 109 cm³/mol. The van der Waals surface area contributed by atoms with E-state index in [0.717, 1.165) is 23.2 Å². The van der Waals surface area contributed by atoms with Gasteiger partial charge in [0, 0.05) is 18.1 Å². The van der Waals surface area contributed by atoms with Crippen LogP contribution in [0.15, 0.2) is 91.1 Å². The van der Waals surface area contributed by atoms with Gasteiger partial charge in [-0.05, 0) is 29.3 Å². The van der Waals surface area contributed by atoms with Gasteiger partial charge < -0.3 is 14.0 Å². The summed E-state index contributed by atoms with van der Waals surface area (Å²) in [4.78, 5) is 0. The second-order valence-electron chi connectivity index (χ2n) is 6.47. The fraction of sp³-hybridized carbons (Fsp3) is 0.167. The van der Waals surface area contributed by atoms with Crippen molar-refractivity contribution in [3.63, 3.8) is 0 Å². The van der Waals surface area contributed by atoms with Gasteiger partial charge in [-0.15, -0.1) is 0 Å². The second-order valence-corrected chi connectivity index (χ2v) is 6.47. The zero-order chi connectivity index (χ0) is 18.5. The molecule has 136 valence electrons. The van der Waals surface area contributed by atoms with Crippen LogP contribution in [0.4, 0.5) is 0 Å². The summed E-state index contributed by atoms with van der Waals surface area (Å²) in [5, 5.41) is 1.13. The third kappa shape index (κ3) is 3.74. The minimum Gasteiger partial charge on any atom is -0.496 e. The van der Waals surface area contributed by atoms with E-state index in [1.807, 2.05) is 24.3 Å². The van der Waals surface area contributed by atoms with Crippen LogP contribution in [0.5, 0.6) is 5.75 Å². The van der Waals surface area contributed by atoms with Crippen molar-refractivity contribution in [2.24, 2.45) is 0 Å². The van der Waals surface area contributed by atoms with Crippen LogP contribution in [0.25, 0.3) is 10.9 Å². The van der Waals surface area contributed by atoms with Gasteiger partial charge in [0.1, 0.15) is 11.9 Å². The number of hydrogen-bond acceptors (Lipinski definition) is 2. The molecular weight excluding hydrogens is 334 g/mol. The summed E-state index contributed by atoms with van der Waals surface area (Å²) in [6.07, 6.45) is 2.03. The van der Waals surface area contributed by atoms with E-state index >= 15 is 0 Å². The minimum absolute atomic E-state index is 0.0660. The zero-order valence-electron chi connectivity index (χ0n) is 15.4. The average Bonchev–Trinajstić information content (AvgIpc) is 3.16. The Kier molecular flexibility index (Phi) is 5.22. The Hall–Kier alpha value is -3.04. The molecule has 1 aromatic heterocycles. The Bertz CT molecular complexity index is 953. The Morgan fingerprint density at radius 2 is 1.44 bits per heavy atom. The molecule has 3 heteroatoms. The molecule has 0 saturated heterocycles. The average molecular weight is 357 g/mol. The summed E-state index contributed by atoms with van der Waals surface area (Å²) in [5.74, 6) is 0.901. The van der Waals surface area contributed by atoms with E-state index in [2.05, 4.69) is 71.4 Å². The fourth-order valence-corrected chi connectivity index (χ4v) is 3.48. The van der Waals surface area contributed by atoms with E-state index in [1.54, 1.807) is 7.11 Å². The molecule has 0 N–H and O–H groups in total. The Labute approximate surface area is 159 Å². The van der Waals surface area contributed by atoms with Crippen molar-refractivity contribution in [1.82, 2.24) is 4.57 Å². The lowest BCUT2D eigenvalue weighted by Crippen LogP contribution is -2.11. The van der Waals surface area contributed by atoms with Crippen LogP contribution in [-0.4, -0.2) is 18.3 Å². The van der Waals surface area contributed by atoms with E-state index in [9.17, 15) is 0 Å². The lowest BCUT2D eigenvalue weighted by molar-refractivity contribution is 0.0744. The van der Waals surface area contributed by atoms with Crippen molar-refractivity contribution >= 4 is 10.9 Å². The number of rotatable bonds is 7. The van der Waals surface area contributed by atoms with Crippen molar-refractivity contribution in [2.45, 2.75) is 12.6 Å². The molecule has 3 aromatic carbocycles. The lowest BCUT2D eigenvalue weighted by atomic mass is 10.0. The molecule has 0 radical (unpaired) electrons. The second kappa shape index (κ2) is 8.11. The van der Waals surface area contributed by atoms with Gasteiger partial charge in [0.15, 0.2) is 0 Å². The Morgan fingerprint density at radius 1 is 0.778 bits per heavy atom. The number of benzene rings is 3. The van der Waals surface area contributed by atoms with Gasteiger partial charge in [-0.2, -0.15) is 0 Å². The van der Waals surface area contributed by atoms with Crippen LogP contribution in [0.1, 0.15) is 17.2 Å².